The van der Waals surface area contributed by atoms with Gasteiger partial charge in [-0.25, -0.2) is 4.98 Å². The molecule has 1 unspecified atom stereocenters. The number of nitrogens with one attached hydrogen (secondary N) is 2. The van der Waals surface area contributed by atoms with Crippen molar-refractivity contribution in [2.24, 2.45) is 4.99 Å². The average molecular weight is 380 g/mol. The van der Waals surface area contributed by atoms with Crippen LogP contribution in [0.5, 0.6) is 0 Å². The number of benzene rings is 2. The van der Waals surface area contributed by atoms with E-state index in [1.54, 1.807) is 0 Å². The van der Waals surface area contributed by atoms with Crippen LogP contribution in [-0.4, -0.2) is 40.3 Å². The minimum Gasteiger partial charge on any atom is -0.388 e. The highest BCUT2D eigenvalue weighted by atomic mass is 16.3. The normalized spacial score (nSPS) is 12.9. The number of rotatable bonds is 9. The zero-order chi connectivity index (χ0) is 19.6. The number of aliphatic hydroxyl groups excluding tert-OH is 1. The summed E-state index contributed by atoms with van der Waals surface area (Å²) in [6, 6.07) is 17.9. The fraction of sp³-hybridized carbons (Fsp3) is 0.364. The fourth-order valence-corrected chi connectivity index (χ4v) is 3.13. The molecular formula is C22H29N5O. The van der Waals surface area contributed by atoms with E-state index in [9.17, 15) is 5.11 Å². The molecule has 1 aromatic heterocycles. The summed E-state index contributed by atoms with van der Waals surface area (Å²) in [6.07, 6.45) is 2.99. The highest BCUT2D eigenvalue weighted by molar-refractivity contribution is 5.79. The van der Waals surface area contributed by atoms with E-state index in [4.69, 9.17) is 0 Å². The first-order chi connectivity index (χ1) is 13.8. The number of aromatic nitrogens is 2. The first-order valence-electron chi connectivity index (χ1n) is 9.93. The first-order valence-corrected chi connectivity index (χ1v) is 9.93. The second kappa shape index (κ2) is 10.5. The number of guanidine groups is 1. The van der Waals surface area contributed by atoms with Crippen molar-refractivity contribution < 1.29 is 5.11 Å². The predicted molar refractivity (Wildman–Crippen MR) is 114 cm³/mol. The maximum Gasteiger partial charge on any atom is 0.191 e. The fourth-order valence-electron chi connectivity index (χ4n) is 3.13. The minimum absolute atomic E-state index is 0.467. The van der Waals surface area contributed by atoms with Gasteiger partial charge in [-0.05, 0) is 37.5 Å². The third-order valence-corrected chi connectivity index (χ3v) is 4.59. The summed E-state index contributed by atoms with van der Waals surface area (Å²) >= 11 is 0. The number of aliphatic hydroxyl groups is 1. The van der Waals surface area contributed by atoms with E-state index in [1.165, 1.54) is 0 Å². The number of hydrogen-bond donors (Lipinski definition) is 3. The molecule has 0 aliphatic heterocycles. The van der Waals surface area contributed by atoms with Gasteiger partial charge in [-0.1, -0.05) is 42.5 Å². The summed E-state index contributed by atoms with van der Waals surface area (Å²) in [5, 5.41) is 16.8. The third-order valence-electron chi connectivity index (χ3n) is 4.59. The van der Waals surface area contributed by atoms with Crippen LogP contribution >= 0.6 is 0 Å². The molecule has 0 saturated heterocycles. The molecule has 0 radical (unpaired) electrons. The number of imidazole rings is 1. The van der Waals surface area contributed by atoms with Gasteiger partial charge in [0.15, 0.2) is 5.96 Å². The van der Waals surface area contributed by atoms with Crippen molar-refractivity contribution in [3.05, 3.63) is 66.5 Å². The van der Waals surface area contributed by atoms with Crippen LogP contribution in [-0.2, 0) is 6.54 Å². The Morgan fingerprint density at radius 2 is 1.89 bits per heavy atom. The van der Waals surface area contributed by atoms with E-state index >= 15 is 0 Å². The number of aryl methyl sites for hydroxylation is 1. The number of fused-ring (bicyclic) bond motifs is 1. The van der Waals surface area contributed by atoms with Crippen LogP contribution in [0.15, 0.2) is 65.9 Å². The molecule has 3 rings (SSSR count). The number of para-hydroxylation sites is 2. The summed E-state index contributed by atoms with van der Waals surface area (Å²) in [5.41, 5.74) is 3.13. The molecular weight excluding hydrogens is 350 g/mol. The van der Waals surface area contributed by atoms with Crippen molar-refractivity contribution in [2.75, 3.05) is 19.6 Å². The number of aliphatic imine (C=N–C) groups is 1. The zero-order valence-corrected chi connectivity index (χ0v) is 16.4. The van der Waals surface area contributed by atoms with Crippen molar-refractivity contribution in [3.8, 4) is 0 Å². The molecule has 0 saturated carbocycles. The standard InChI is InChI=1S/C22H29N5O/c1-2-23-22(25-15-13-21(28)18-9-4-3-5-10-18)24-14-8-16-27-17-26-19-11-6-7-12-20(19)27/h3-7,9-12,17,21,28H,2,8,13-16H2,1H3,(H2,23,24,25). The maximum absolute atomic E-state index is 10.3. The molecule has 6 heteroatoms. The van der Waals surface area contributed by atoms with Gasteiger partial charge >= 0.3 is 0 Å². The third kappa shape index (κ3) is 5.57. The van der Waals surface area contributed by atoms with Crippen LogP contribution in [0, 0.1) is 0 Å². The summed E-state index contributed by atoms with van der Waals surface area (Å²) in [6.45, 7) is 5.13. The Labute approximate surface area is 166 Å². The Kier molecular flexibility index (Phi) is 7.44. The number of nitrogens with zero attached hydrogens (tertiary/aromatic N) is 3. The SMILES string of the molecule is CCNC(=NCCCn1cnc2ccccc21)NCCC(O)c1ccccc1. The Balaban J connectivity index is 1.44. The molecule has 1 atom stereocenters. The Morgan fingerprint density at radius 1 is 1.11 bits per heavy atom. The summed E-state index contributed by atoms with van der Waals surface area (Å²) in [4.78, 5) is 9.06. The summed E-state index contributed by atoms with van der Waals surface area (Å²) in [7, 11) is 0. The molecule has 0 aliphatic carbocycles. The first kappa shape index (κ1) is 19.9. The summed E-state index contributed by atoms with van der Waals surface area (Å²) in [5.74, 6) is 0.790. The van der Waals surface area contributed by atoms with Gasteiger partial charge in [0.2, 0.25) is 0 Å². The van der Waals surface area contributed by atoms with Gasteiger partial charge in [-0.3, -0.25) is 4.99 Å². The van der Waals surface area contributed by atoms with Crippen molar-refractivity contribution in [2.45, 2.75) is 32.4 Å². The predicted octanol–water partition coefficient (Wildman–Crippen LogP) is 3.11. The van der Waals surface area contributed by atoms with Crippen molar-refractivity contribution in [3.63, 3.8) is 0 Å². The van der Waals surface area contributed by atoms with Gasteiger partial charge < -0.3 is 20.3 Å². The van der Waals surface area contributed by atoms with Crippen LogP contribution in [0.1, 0.15) is 31.4 Å². The van der Waals surface area contributed by atoms with Crippen LogP contribution in [0.2, 0.25) is 0 Å². The lowest BCUT2D eigenvalue weighted by Crippen LogP contribution is -2.38. The molecule has 0 spiro atoms. The van der Waals surface area contributed by atoms with E-state index in [-0.39, 0.29) is 0 Å². The van der Waals surface area contributed by atoms with E-state index < -0.39 is 6.10 Å². The largest absolute Gasteiger partial charge is 0.388 e. The number of hydrogen-bond acceptors (Lipinski definition) is 3. The smallest absolute Gasteiger partial charge is 0.191 e. The van der Waals surface area contributed by atoms with Crippen LogP contribution < -0.4 is 10.6 Å². The topological polar surface area (TPSA) is 74.5 Å². The molecule has 1 heterocycles. The van der Waals surface area contributed by atoms with E-state index in [0.29, 0.717) is 13.0 Å². The van der Waals surface area contributed by atoms with Crippen LogP contribution in [0.25, 0.3) is 11.0 Å². The molecule has 0 bridgehead atoms. The van der Waals surface area contributed by atoms with Gasteiger partial charge in [-0.2, -0.15) is 0 Å². The van der Waals surface area contributed by atoms with Crippen LogP contribution in [0.3, 0.4) is 0 Å². The highest BCUT2D eigenvalue weighted by Crippen LogP contribution is 2.15. The van der Waals surface area contributed by atoms with E-state index in [1.807, 2.05) is 61.8 Å². The van der Waals surface area contributed by atoms with Gasteiger partial charge in [-0.15, -0.1) is 0 Å². The molecule has 2 aromatic carbocycles. The minimum atomic E-state index is -0.467. The molecule has 3 aromatic rings. The Hall–Kier alpha value is -2.86. The van der Waals surface area contributed by atoms with Crippen molar-refractivity contribution in [1.29, 1.82) is 0 Å². The average Bonchev–Trinajstić information content (AvgIpc) is 3.15. The quantitative estimate of drug-likeness (QED) is 0.303. The summed E-state index contributed by atoms with van der Waals surface area (Å²) < 4.78 is 2.17. The maximum atomic E-state index is 10.3. The zero-order valence-electron chi connectivity index (χ0n) is 16.4. The second-order valence-electron chi connectivity index (χ2n) is 6.68. The van der Waals surface area contributed by atoms with Gasteiger partial charge in [0.1, 0.15) is 0 Å². The van der Waals surface area contributed by atoms with Gasteiger partial charge in [0, 0.05) is 26.2 Å². The molecule has 28 heavy (non-hydrogen) atoms. The molecule has 0 fully saturated rings. The lowest BCUT2D eigenvalue weighted by atomic mass is 10.1. The molecule has 148 valence electrons. The van der Waals surface area contributed by atoms with Crippen molar-refractivity contribution >= 4 is 17.0 Å². The lowest BCUT2D eigenvalue weighted by Gasteiger charge is -2.14. The Morgan fingerprint density at radius 3 is 2.71 bits per heavy atom. The van der Waals surface area contributed by atoms with Crippen LogP contribution in [0.4, 0.5) is 0 Å². The Bertz CT molecular complexity index is 875. The van der Waals surface area contributed by atoms with Gasteiger partial charge in [0.25, 0.3) is 0 Å². The highest BCUT2D eigenvalue weighted by Gasteiger charge is 2.07. The monoisotopic (exact) mass is 379 g/mol. The lowest BCUT2D eigenvalue weighted by molar-refractivity contribution is 0.168. The molecule has 3 N–H and O–H groups in total. The molecule has 6 nitrogen and oxygen atoms in total. The van der Waals surface area contributed by atoms with E-state index in [2.05, 4.69) is 31.2 Å². The molecule has 0 amide bonds. The molecule has 0 aliphatic rings. The van der Waals surface area contributed by atoms with E-state index in [0.717, 1.165) is 48.6 Å². The van der Waals surface area contributed by atoms with Crippen molar-refractivity contribution in [1.82, 2.24) is 20.2 Å². The second-order valence-corrected chi connectivity index (χ2v) is 6.68. The van der Waals surface area contributed by atoms with Gasteiger partial charge in [0.05, 0.1) is 23.5 Å².